The van der Waals surface area contributed by atoms with Gasteiger partial charge in [-0.3, -0.25) is 9.59 Å². The molecule has 0 aliphatic carbocycles. The van der Waals surface area contributed by atoms with E-state index in [1.165, 1.54) is 35.3 Å². The third-order valence-corrected chi connectivity index (χ3v) is 8.33. The summed E-state index contributed by atoms with van der Waals surface area (Å²) in [5, 5.41) is 2.14. The second-order valence-corrected chi connectivity index (χ2v) is 12.2. The van der Waals surface area contributed by atoms with Gasteiger partial charge in [-0.25, -0.2) is 0 Å². The predicted octanol–water partition coefficient (Wildman–Crippen LogP) is 7.51. The van der Waals surface area contributed by atoms with Crippen molar-refractivity contribution in [1.29, 1.82) is 0 Å². The van der Waals surface area contributed by atoms with Gasteiger partial charge < -0.3 is 9.80 Å². The summed E-state index contributed by atoms with van der Waals surface area (Å²) in [6.07, 6.45) is 9.00. The van der Waals surface area contributed by atoms with E-state index in [4.69, 9.17) is 0 Å². The van der Waals surface area contributed by atoms with Gasteiger partial charge in [-0.15, -0.1) is 11.3 Å². The summed E-state index contributed by atoms with van der Waals surface area (Å²) in [5.74, 6) is 0.194. The minimum Gasteiger partial charge on any atom is -0.333 e. The van der Waals surface area contributed by atoms with Gasteiger partial charge in [0.05, 0.1) is 12.6 Å². The molecule has 3 rings (SSSR count). The highest BCUT2D eigenvalue weighted by molar-refractivity contribution is 7.10. The van der Waals surface area contributed by atoms with Crippen LogP contribution in [-0.2, 0) is 21.4 Å². The van der Waals surface area contributed by atoms with Crippen molar-refractivity contribution in [2.75, 3.05) is 19.6 Å². The van der Waals surface area contributed by atoms with Gasteiger partial charge in [0, 0.05) is 24.4 Å². The molecule has 1 aliphatic rings. The lowest BCUT2D eigenvalue weighted by atomic mass is 9.85. The molecule has 1 aromatic carbocycles. The average molecular weight is 511 g/mol. The van der Waals surface area contributed by atoms with Crippen LogP contribution in [0.25, 0.3) is 0 Å². The highest BCUT2D eigenvalue weighted by atomic mass is 32.1. The Morgan fingerprint density at radius 2 is 1.67 bits per heavy atom. The van der Waals surface area contributed by atoms with Crippen LogP contribution in [0.4, 0.5) is 0 Å². The molecule has 1 aromatic heterocycles. The Hall–Kier alpha value is -2.14. The van der Waals surface area contributed by atoms with Crippen LogP contribution in [0.2, 0.25) is 0 Å². The fourth-order valence-electron chi connectivity index (χ4n) is 5.04. The van der Waals surface area contributed by atoms with Gasteiger partial charge >= 0.3 is 0 Å². The molecule has 1 aliphatic heterocycles. The highest BCUT2D eigenvalue weighted by Gasteiger charge is 2.34. The molecule has 0 N–H and O–H groups in total. The lowest BCUT2D eigenvalue weighted by molar-refractivity contribution is -0.141. The number of carbonyl (C=O) groups excluding carboxylic acids is 2. The van der Waals surface area contributed by atoms with Crippen molar-refractivity contribution < 1.29 is 9.59 Å². The Kier molecular flexibility index (Phi) is 10.6. The van der Waals surface area contributed by atoms with Crippen LogP contribution in [0, 0.1) is 0 Å². The molecular formula is C31H46N2O2S. The number of hydrogen-bond acceptors (Lipinski definition) is 3. The number of amides is 2. The van der Waals surface area contributed by atoms with E-state index in [1.807, 2.05) is 9.80 Å². The van der Waals surface area contributed by atoms with Crippen molar-refractivity contribution in [2.24, 2.45) is 0 Å². The summed E-state index contributed by atoms with van der Waals surface area (Å²) in [5.41, 5.74) is 3.77. The van der Waals surface area contributed by atoms with Crippen LogP contribution < -0.4 is 0 Å². The van der Waals surface area contributed by atoms with Gasteiger partial charge in [-0.1, -0.05) is 91.0 Å². The zero-order valence-corrected chi connectivity index (χ0v) is 24.0. The first-order valence-corrected chi connectivity index (χ1v) is 14.9. The molecule has 0 bridgehead atoms. The van der Waals surface area contributed by atoms with Gasteiger partial charge in [-0.05, 0) is 52.8 Å². The van der Waals surface area contributed by atoms with Gasteiger partial charge in [0.2, 0.25) is 11.8 Å². The van der Waals surface area contributed by atoms with E-state index in [0.717, 1.165) is 37.7 Å². The third-order valence-electron chi connectivity index (χ3n) is 7.33. The quantitative estimate of drug-likeness (QED) is 0.277. The molecule has 0 spiro atoms. The highest BCUT2D eigenvalue weighted by Crippen LogP contribution is 2.38. The summed E-state index contributed by atoms with van der Waals surface area (Å²) in [4.78, 5) is 32.1. The van der Waals surface area contributed by atoms with E-state index in [1.54, 1.807) is 11.3 Å². The molecule has 5 heteroatoms. The monoisotopic (exact) mass is 510 g/mol. The van der Waals surface area contributed by atoms with E-state index >= 15 is 0 Å². The molecule has 1 atom stereocenters. The van der Waals surface area contributed by atoms with E-state index < -0.39 is 0 Å². The Morgan fingerprint density at radius 1 is 0.972 bits per heavy atom. The minimum atomic E-state index is -0.0845. The second-order valence-electron chi connectivity index (χ2n) is 11.2. The van der Waals surface area contributed by atoms with Gasteiger partial charge in [-0.2, -0.15) is 0 Å². The van der Waals surface area contributed by atoms with Gasteiger partial charge in [0.25, 0.3) is 0 Å². The van der Waals surface area contributed by atoms with E-state index in [9.17, 15) is 9.59 Å². The smallest absolute Gasteiger partial charge is 0.242 e. The van der Waals surface area contributed by atoms with Crippen molar-refractivity contribution >= 4 is 23.2 Å². The van der Waals surface area contributed by atoms with Gasteiger partial charge in [0.15, 0.2) is 0 Å². The summed E-state index contributed by atoms with van der Waals surface area (Å²) in [6, 6.07) is 10.9. The zero-order chi connectivity index (χ0) is 26.1. The Morgan fingerprint density at radius 3 is 2.33 bits per heavy atom. The normalized spacial score (nSPS) is 15.6. The topological polar surface area (TPSA) is 40.6 Å². The minimum absolute atomic E-state index is 0.0622. The molecule has 0 saturated heterocycles. The van der Waals surface area contributed by atoms with Crippen LogP contribution in [-0.4, -0.2) is 41.2 Å². The van der Waals surface area contributed by atoms with Crippen LogP contribution in [0.15, 0.2) is 35.7 Å². The molecule has 1 unspecified atom stereocenters. The number of rotatable bonds is 12. The Balaban J connectivity index is 1.77. The molecule has 0 saturated carbocycles. The van der Waals surface area contributed by atoms with E-state index in [0.29, 0.717) is 19.5 Å². The maximum Gasteiger partial charge on any atom is 0.242 e. The predicted molar refractivity (Wildman–Crippen MR) is 152 cm³/mol. The van der Waals surface area contributed by atoms with Gasteiger partial charge in [0.1, 0.15) is 0 Å². The van der Waals surface area contributed by atoms with Crippen molar-refractivity contribution in [3.05, 3.63) is 57.3 Å². The SMILES string of the molecule is CCCCCCCC(=O)N(CCCC)CC(=O)N1CCc2sccc2C1c1ccc(C(C)(C)C)cc1. The maximum atomic E-state index is 13.8. The number of fused-ring (bicyclic) bond motifs is 1. The molecule has 0 fully saturated rings. The first-order chi connectivity index (χ1) is 17.3. The zero-order valence-electron chi connectivity index (χ0n) is 23.1. The first kappa shape index (κ1) is 28.4. The second kappa shape index (κ2) is 13.4. The number of carbonyl (C=O) groups is 2. The van der Waals surface area contributed by atoms with Crippen molar-refractivity contribution in [2.45, 2.75) is 104 Å². The molecule has 36 heavy (non-hydrogen) atoms. The van der Waals surface area contributed by atoms with Crippen LogP contribution in [0.1, 0.15) is 114 Å². The lowest BCUT2D eigenvalue weighted by Gasteiger charge is -2.38. The Bertz CT molecular complexity index is 973. The number of benzene rings is 1. The summed E-state index contributed by atoms with van der Waals surface area (Å²) in [7, 11) is 0. The molecule has 198 valence electrons. The number of hydrogen-bond donors (Lipinski definition) is 0. The largest absolute Gasteiger partial charge is 0.333 e. The van der Waals surface area contributed by atoms with Crippen LogP contribution in [0.3, 0.4) is 0 Å². The van der Waals surface area contributed by atoms with Crippen molar-refractivity contribution in [3.8, 4) is 0 Å². The fraction of sp³-hybridized carbons (Fsp3) is 0.613. The van der Waals surface area contributed by atoms with Crippen LogP contribution in [0.5, 0.6) is 0 Å². The van der Waals surface area contributed by atoms with E-state index in [2.05, 4.69) is 70.3 Å². The number of thiophene rings is 1. The summed E-state index contributed by atoms with van der Waals surface area (Å²) in [6.45, 7) is 12.6. The average Bonchev–Trinajstić information content (AvgIpc) is 3.34. The van der Waals surface area contributed by atoms with Crippen molar-refractivity contribution in [1.82, 2.24) is 9.80 Å². The number of nitrogens with zero attached hydrogens (tertiary/aromatic N) is 2. The standard InChI is InChI=1S/C31H46N2O2S/c1-6-8-10-11-12-13-28(34)32(20-9-7-2)23-29(35)33-21-18-27-26(19-22-36-27)30(33)24-14-16-25(17-15-24)31(3,4)5/h14-17,19,22,30H,6-13,18,20-21,23H2,1-5H3. The summed E-state index contributed by atoms with van der Waals surface area (Å²) < 4.78 is 0. The number of unbranched alkanes of at least 4 members (excludes halogenated alkanes) is 5. The lowest BCUT2D eigenvalue weighted by Crippen LogP contribution is -2.47. The molecule has 0 radical (unpaired) electrons. The summed E-state index contributed by atoms with van der Waals surface area (Å²) >= 11 is 1.79. The first-order valence-electron chi connectivity index (χ1n) is 14.0. The van der Waals surface area contributed by atoms with E-state index in [-0.39, 0.29) is 29.8 Å². The maximum absolute atomic E-state index is 13.8. The molecular weight excluding hydrogens is 464 g/mol. The molecule has 2 amide bonds. The Labute approximate surface area is 223 Å². The molecule has 2 aromatic rings. The molecule has 2 heterocycles. The molecule has 4 nitrogen and oxygen atoms in total. The third kappa shape index (κ3) is 7.44. The van der Waals surface area contributed by atoms with Crippen LogP contribution >= 0.6 is 11.3 Å². The fourth-order valence-corrected chi connectivity index (χ4v) is 5.95. The van der Waals surface area contributed by atoms with Crippen molar-refractivity contribution in [3.63, 3.8) is 0 Å².